The van der Waals surface area contributed by atoms with Crippen LogP contribution in [-0.2, 0) is 17.8 Å². The highest BCUT2D eigenvalue weighted by Crippen LogP contribution is 2.19. The molecule has 2 aromatic rings. The van der Waals surface area contributed by atoms with Crippen LogP contribution in [-0.4, -0.2) is 36.1 Å². The number of hydrogen-bond acceptors (Lipinski definition) is 3. The van der Waals surface area contributed by atoms with Gasteiger partial charge in [-0.3, -0.25) is 9.69 Å². The van der Waals surface area contributed by atoms with Gasteiger partial charge in [-0.1, -0.05) is 35.9 Å². The van der Waals surface area contributed by atoms with Gasteiger partial charge in [0.25, 0.3) is 5.91 Å². The molecule has 1 amide bonds. The summed E-state index contributed by atoms with van der Waals surface area (Å²) >= 11 is 5.97. The molecular weight excluding hydrogens is 367 g/mol. The number of morpholine rings is 1. The molecule has 1 heterocycles. The Labute approximate surface area is 164 Å². The number of ether oxygens (including phenoxy) is 1. The van der Waals surface area contributed by atoms with Crippen LogP contribution in [0.25, 0.3) is 0 Å². The second-order valence-corrected chi connectivity index (χ2v) is 7.43. The monoisotopic (exact) mass is 390 g/mol. The first-order chi connectivity index (χ1) is 12.9. The van der Waals surface area contributed by atoms with Crippen molar-refractivity contribution in [1.29, 1.82) is 0 Å². The summed E-state index contributed by atoms with van der Waals surface area (Å²) in [6, 6.07) is 11.8. The third-order valence-electron chi connectivity index (χ3n) is 4.62. The molecule has 0 spiro atoms. The van der Waals surface area contributed by atoms with Crippen LogP contribution in [0.1, 0.15) is 35.3 Å². The molecule has 1 N–H and O–H groups in total. The minimum atomic E-state index is -0.462. The van der Waals surface area contributed by atoms with Crippen LogP contribution >= 0.6 is 11.6 Å². The maximum Gasteiger partial charge on any atom is 0.253 e. The Morgan fingerprint density at radius 3 is 2.52 bits per heavy atom. The van der Waals surface area contributed by atoms with E-state index in [1.54, 1.807) is 0 Å². The van der Waals surface area contributed by atoms with Gasteiger partial charge in [-0.15, -0.1) is 0 Å². The molecule has 0 aliphatic carbocycles. The summed E-state index contributed by atoms with van der Waals surface area (Å²) in [6.45, 7) is 7.13. The van der Waals surface area contributed by atoms with Gasteiger partial charge < -0.3 is 10.1 Å². The number of amides is 1. The van der Waals surface area contributed by atoms with Crippen molar-refractivity contribution in [1.82, 2.24) is 10.2 Å². The fourth-order valence-corrected chi connectivity index (χ4v) is 3.74. The van der Waals surface area contributed by atoms with E-state index in [0.717, 1.165) is 31.3 Å². The van der Waals surface area contributed by atoms with Gasteiger partial charge in [0.15, 0.2) is 0 Å². The molecule has 2 aromatic carbocycles. The second-order valence-electron chi connectivity index (χ2n) is 7.03. The topological polar surface area (TPSA) is 41.6 Å². The average Bonchev–Trinajstić information content (AvgIpc) is 2.60. The van der Waals surface area contributed by atoms with Crippen LogP contribution in [0, 0.1) is 5.82 Å². The van der Waals surface area contributed by atoms with Crippen molar-refractivity contribution in [2.24, 2.45) is 0 Å². The number of halogens is 2. The molecule has 27 heavy (non-hydrogen) atoms. The largest absolute Gasteiger partial charge is 0.373 e. The number of nitrogens with one attached hydrogen (secondary N) is 1. The quantitative estimate of drug-likeness (QED) is 0.838. The molecule has 0 unspecified atom stereocenters. The maximum absolute atomic E-state index is 13.2. The Morgan fingerprint density at radius 2 is 1.85 bits per heavy atom. The van der Waals surface area contributed by atoms with Crippen molar-refractivity contribution in [2.45, 2.75) is 39.1 Å². The Hall–Kier alpha value is -1.95. The lowest BCUT2D eigenvalue weighted by atomic mass is 10.1. The lowest BCUT2D eigenvalue weighted by Crippen LogP contribution is -2.45. The SMILES string of the molecule is C[C@@H]1CN(Cc2ccccc2CNC(=O)c2ccc(F)cc2Cl)C[C@H](C)O1. The maximum atomic E-state index is 13.2. The normalized spacial score (nSPS) is 20.4. The van der Waals surface area contributed by atoms with E-state index in [0.29, 0.717) is 6.54 Å². The standard InChI is InChI=1S/C21H24ClFN2O2/c1-14-11-25(12-15(2)27-14)13-17-6-4-3-5-16(17)10-24-21(26)19-8-7-18(23)9-20(19)22/h3-9,14-15H,10-13H2,1-2H3,(H,24,26)/t14-,15+. The van der Waals surface area contributed by atoms with Crippen LogP contribution in [0.3, 0.4) is 0 Å². The van der Waals surface area contributed by atoms with E-state index < -0.39 is 5.82 Å². The highest BCUT2D eigenvalue weighted by atomic mass is 35.5. The van der Waals surface area contributed by atoms with Gasteiger partial charge in [0.1, 0.15) is 5.82 Å². The first-order valence-electron chi connectivity index (χ1n) is 9.10. The smallest absolute Gasteiger partial charge is 0.253 e. The highest BCUT2D eigenvalue weighted by molar-refractivity contribution is 6.33. The summed E-state index contributed by atoms with van der Waals surface area (Å²) in [6.07, 6.45) is 0.419. The number of benzene rings is 2. The minimum Gasteiger partial charge on any atom is -0.373 e. The Bertz CT molecular complexity index is 805. The lowest BCUT2D eigenvalue weighted by molar-refractivity contribution is -0.0705. The predicted molar refractivity (Wildman–Crippen MR) is 104 cm³/mol. The summed E-state index contributed by atoms with van der Waals surface area (Å²) < 4.78 is 19.0. The zero-order chi connectivity index (χ0) is 19.4. The predicted octanol–water partition coefficient (Wildman–Crippen LogP) is 4.02. The summed E-state index contributed by atoms with van der Waals surface area (Å²) in [5.41, 5.74) is 2.49. The van der Waals surface area contributed by atoms with Crippen molar-refractivity contribution in [2.75, 3.05) is 13.1 Å². The summed E-state index contributed by atoms with van der Waals surface area (Å²) in [4.78, 5) is 14.8. The molecule has 0 radical (unpaired) electrons. The molecule has 6 heteroatoms. The van der Waals surface area contributed by atoms with Crippen molar-refractivity contribution >= 4 is 17.5 Å². The molecular formula is C21H24ClFN2O2. The van der Waals surface area contributed by atoms with Gasteiger partial charge in [0, 0.05) is 26.2 Å². The number of rotatable bonds is 5. The van der Waals surface area contributed by atoms with Gasteiger partial charge in [0.05, 0.1) is 22.8 Å². The van der Waals surface area contributed by atoms with Crippen LogP contribution < -0.4 is 5.32 Å². The molecule has 2 atom stereocenters. The number of carbonyl (C=O) groups excluding carboxylic acids is 1. The number of nitrogens with zero attached hydrogens (tertiary/aromatic N) is 1. The number of carbonyl (C=O) groups is 1. The van der Waals surface area contributed by atoms with E-state index in [-0.39, 0.29) is 28.7 Å². The highest BCUT2D eigenvalue weighted by Gasteiger charge is 2.22. The minimum absolute atomic E-state index is 0.108. The third kappa shape index (κ3) is 5.28. The lowest BCUT2D eigenvalue weighted by Gasteiger charge is -2.35. The first kappa shape index (κ1) is 19.8. The van der Waals surface area contributed by atoms with Crippen LogP contribution in [0.2, 0.25) is 5.02 Å². The number of hydrogen-bond donors (Lipinski definition) is 1. The van der Waals surface area contributed by atoms with E-state index in [2.05, 4.69) is 30.1 Å². The second kappa shape index (κ2) is 8.83. The zero-order valence-corrected chi connectivity index (χ0v) is 16.3. The zero-order valence-electron chi connectivity index (χ0n) is 15.5. The van der Waals surface area contributed by atoms with Crippen LogP contribution in [0.15, 0.2) is 42.5 Å². The van der Waals surface area contributed by atoms with Crippen molar-refractivity contribution < 1.29 is 13.9 Å². The Kier molecular flexibility index (Phi) is 6.47. The van der Waals surface area contributed by atoms with E-state index in [9.17, 15) is 9.18 Å². The molecule has 0 bridgehead atoms. The Morgan fingerprint density at radius 1 is 1.19 bits per heavy atom. The van der Waals surface area contributed by atoms with E-state index in [1.807, 2.05) is 18.2 Å². The van der Waals surface area contributed by atoms with E-state index >= 15 is 0 Å². The van der Waals surface area contributed by atoms with Crippen molar-refractivity contribution in [3.05, 3.63) is 70.0 Å². The van der Waals surface area contributed by atoms with Gasteiger partial charge >= 0.3 is 0 Å². The van der Waals surface area contributed by atoms with E-state index in [4.69, 9.17) is 16.3 Å². The molecule has 4 nitrogen and oxygen atoms in total. The first-order valence-corrected chi connectivity index (χ1v) is 9.48. The molecule has 3 rings (SSSR count). The van der Waals surface area contributed by atoms with E-state index in [1.165, 1.54) is 17.7 Å². The van der Waals surface area contributed by atoms with Gasteiger partial charge in [0.2, 0.25) is 0 Å². The molecule has 0 aromatic heterocycles. The van der Waals surface area contributed by atoms with Crippen LogP contribution in [0.4, 0.5) is 4.39 Å². The summed E-state index contributed by atoms with van der Waals surface area (Å²) in [7, 11) is 0. The Balaban J connectivity index is 1.66. The molecule has 0 saturated carbocycles. The fourth-order valence-electron chi connectivity index (χ4n) is 3.48. The molecule has 1 aliphatic heterocycles. The van der Waals surface area contributed by atoms with Crippen molar-refractivity contribution in [3.8, 4) is 0 Å². The molecule has 1 saturated heterocycles. The summed E-state index contributed by atoms with van der Waals surface area (Å²) in [5.74, 6) is -0.778. The molecule has 1 fully saturated rings. The van der Waals surface area contributed by atoms with Gasteiger partial charge in [-0.2, -0.15) is 0 Å². The summed E-state index contributed by atoms with van der Waals surface area (Å²) in [5, 5.41) is 2.99. The fraction of sp³-hybridized carbons (Fsp3) is 0.381. The molecule has 144 valence electrons. The third-order valence-corrected chi connectivity index (χ3v) is 4.94. The molecule has 1 aliphatic rings. The van der Waals surface area contributed by atoms with Gasteiger partial charge in [-0.05, 0) is 43.2 Å². The van der Waals surface area contributed by atoms with Crippen molar-refractivity contribution in [3.63, 3.8) is 0 Å². The van der Waals surface area contributed by atoms with Crippen LogP contribution in [0.5, 0.6) is 0 Å². The van der Waals surface area contributed by atoms with Gasteiger partial charge in [-0.25, -0.2) is 4.39 Å². The average molecular weight is 391 g/mol.